The van der Waals surface area contributed by atoms with Gasteiger partial charge in [0.05, 0.1) is 23.5 Å². The van der Waals surface area contributed by atoms with E-state index in [0.717, 1.165) is 25.1 Å². The molecule has 0 bridgehead atoms. The van der Waals surface area contributed by atoms with Crippen molar-refractivity contribution in [1.29, 1.82) is 5.26 Å². The molecule has 1 aromatic carbocycles. The maximum Gasteiger partial charge on any atom is 0.124 e. The number of rotatable bonds is 2. The second kappa shape index (κ2) is 5.86. The number of hydrogen-bond donors (Lipinski definition) is 1. The van der Waals surface area contributed by atoms with E-state index in [1.54, 1.807) is 6.07 Å². The normalized spacial score (nSPS) is 32.0. The van der Waals surface area contributed by atoms with Gasteiger partial charge in [-0.05, 0) is 44.4 Å². The van der Waals surface area contributed by atoms with Gasteiger partial charge in [0.2, 0.25) is 0 Å². The Bertz CT molecular complexity index is 597. The van der Waals surface area contributed by atoms with Crippen LogP contribution in [0.5, 0.6) is 0 Å². The van der Waals surface area contributed by atoms with Crippen LogP contribution >= 0.6 is 0 Å². The second-order valence-electron chi connectivity index (χ2n) is 6.46. The lowest BCUT2D eigenvalue weighted by Gasteiger charge is -2.44. The standard InChI is InChI=1S/C17H21FN2O2/c1-17(21)6-8-22-11-14(17)16-3-2-7-20(16)15-5-4-13(18)9-12(15)10-19/h4-5,9,14,16,21H,2-3,6-8,11H2,1H3. The van der Waals surface area contributed by atoms with Gasteiger partial charge in [0.1, 0.15) is 11.9 Å². The van der Waals surface area contributed by atoms with Gasteiger partial charge >= 0.3 is 0 Å². The van der Waals surface area contributed by atoms with Crippen molar-refractivity contribution in [2.75, 3.05) is 24.7 Å². The zero-order valence-corrected chi connectivity index (χ0v) is 12.8. The highest BCUT2D eigenvalue weighted by atomic mass is 19.1. The Morgan fingerprint density at radius 1 is 1.50 bits per heavy atom. The van der Waals surface area contributed by atoms with Crippen molar-refractivity contribution in [3.63, 3.8) is 0 Å². The van der Waals surface area contributed by atoms with Crippen LogP contribution in [0.3, 0.4) is 0 Å². The second-order valence-corrected chi connectivity index (χ2v) is 6.46. The van der Waals surface area contributed by atoms with E-state index in [1.807, 2.05) is 6.92 Å². The summed E-state index contributed by atoms with van der Waals surface area (Å²) in [6, 6.07) is 6.54. The van der Waals surface area contributed by atoms with Gasteiger partial charge in [-0.2, -0.15) is 5.26 Å². The van der Waals surface area contributed by atoms with Gasteiger partial charge in [-0.15, -0.1) is 0 Å². The minimum absolute atomic E-state index is 0.000320. The highest BCUT2D eigenvalue weighted by Gasteiger charge is 2.44. The molecular weight excluding hydrogens is 283 g/mol. The highest BCUT2D eigenvalue weighted by molar-refractivity contribution is 5.60. The number of halogens is 1. The van der Waals surface area contributed by atoms with Crippen LogP contribution in [0.2, 0.25) is 0 Å². The van der Waals surface area contributed by atoms with Crippen molar-refractivity contribution in [2.24, 2.45) is 5.92 Å². The number of benzene rings is 1. The maximum absolute atomic E-state index is 13.4. The molecule has 2 saturated heterocycles. The Morgan fingerprint density at radius 3 is 3.05 bits per heavy atom. The molecule has 1 aromatic rings. The van der Waals surface area contributed by atoms with E-state index >= 15 is 0 Å². The van der Waals surface area contributed by atoms with E-state index in [0.29, 0.717) is 25.2 Å². The third-order valence-corrected chi connectivity index (χ3v) is 5.00. The van der Waals surface area contributed by atoms with Crippen molar-refractivity contribution < 1.29 is 14.2 Å². The lowest BCUT2D eigenvalue weighted by molar-refractivity contribution is -0.108. The summed E-state index contributed by atoms with van der Waals surface area (Å²) in [4.78, 5) is 2.14. The zero-order chi connectivity index (χ0) is 15.7. The first kappa shape index (κ1) is 15.3. The minimum Gasteiger partial charge on any atom is -0.390 e. The first-order valence-corrected chi connectivity index (χ1v) is 7.79. The number of aliphatic hydroxyl groups is 1. The van der Waals surface area contributed by atoms with Gasteiger partial charge in [-0.25, -0.2) is 4.39 Å². The third-order valence-electron chi connectivity index (χ3n) is 5.00. The number of ether oxygens (including phenoxy) is 1. The zero-order valence-electron chi connectivity index (χ0n) is 12.8. The fraction of sp³-hybridized carbons (Fsp3) is 0.588. The monoisotopic (exact) mass is 304 g/mol. The van der Waals surface area contributed by atoms with Crippen molar-refractivity contribution in [1.82, 2.24) is 0 Å². The van der Waals surface area contributed by atoms with E-state index in [1.165, 1.54) is 12.1 Å². The molecule has 3 unspecified atom stereocenters. The first-order valence-electron chi connectivity index (χ1n) is 7.79. The molecular formula is C17H21FN2O2. The molecule has 2 heterocycles. The molecule has 0 aliphatic carbocycles. The number of anilines is 1. The molecule has 4 nitrogen and oxygen atoms in total. The van der Waals surface area contributed by atoms with Crippen LogP contribution < -0.4 is 4.90 Å². The van der Waals surface area contributed by atoms with Crippen LogP contribution in [0, 0.1) is 23.1 Å². The third kappa shape index (κ3) is 2.69. The average Bonchev–Trinajstić information content (AvgIpc) is 2.95. The lowest BCUT2D eigenvalue weighted by atomic mass is 9.79. The minimum atomic E-state index is -0.766. The molecule has 2 aliphatic heterocycles. The largest absolute Gasteiger partial charge is 0.390 e. The average molecular weight is 304 g/mol. The van der Waals surface area contributed by atoms with Gasteiger partial charge in [0.15, 0.2) is 0 Å². The number of nitrogens with zero attached hydrogens (tertiary/aromatic N) is 2. The SMILES string of the molecule is CC1(O)CCOCC1C1CCCN1c1ccc(F)cc1C#N. The summed E-state index contributed by atoms with van der Waals surface area (Å²) in [6.07, 6.45) is 2.57. The van der Waals surface area contributed by atoms with Gasteiger partial charge in [-0.3, -0.25) is 0 Å². The number of hydrogen-bond acceptors (Lipinski definition) is 4. The highest BCUT2D eigenvalue weighted by Crippen LogP contribution is 2.39. The Hall–Kier alpha value is -1.64. The van der Waals surface area contributed by atoms with E-state index in [-0.39, 0.29) is 12.0 Å². The molecule has 22 heavy (non-hydrogen) atoms. The molecule has 2 fully saturated rings. The molecule has 1 N–H and O–H groups in total. The molecule has 3 atom stereocenters. The van der Waals surface area contributed by atoms with Crippen LogP contribution in [0.15, 0.2) is 18.2 Å². The van der Waals surface area contributed by atoms with Gasteiger partial charge in [0, 0.05) is 25.1 Å². The van der Waals surface area contributed by atoms with Gasteiger partial charge in [0.25, 0.3) is 0 Å². The molecule has 0 saturated carbocycles. The van der Waals surface area contributed by atoms with Crippen LogP contribution in [0.25, 0.3) is 0 Å². The summed E-state index contributed by atoms with van der Waals surface area (Å²) >= 11 is 0. The van der Waals surface area contributed by atoms with Crippen LogP contribution in [-0.4, -0.2) is 36.5 Å². The molecule has 0 amide bonds. The Labute approximate surface area is 130 Å². The van der Waals surface area contributed by atoms with Crippen LogP contribution in [-0.2, 0) is 4.74 Å². The van der Waals surface area contributed by atoms with E-state index in [9.17, 15) is 14.8 Å². The predicted molar refractivity (Wildman–Crippen MR) is 81.0 cm³/mol. The Kier molecular flexibility index (Phi) is 4.07. The summed E-state index contributed by atoms with van der Waals surface area (Å²) in [7, 11) is 0. The van der Waals surface area contributed by atoms with E-state index in [4.69, 9.17) is 4.74 Å². The molecule has 0 spiro atoms. The van der Waals surface area contributed by atoms with Crippen molar-refractivity contribution in [3.8, 4) is 6.07 Å². The summed E-state index contributed by atoms with van der Waals surface area (Å²) in [5.74, 6) is -0.399. The molecule has 0 aromatic heterocycles. The summed E-state index contributed by atoms with van der Waals surface area (Å²) in [6.45, 7) is 3.79. The van der Waals surface area contributed by atoms with Gasteiger partial charge in [-0.1, -0.05) is 0 Å². The topological polar surface area (TPSA) is 56.5 Å². The van der Waals surface area contributed by atoms with E-state index in [2.05, 4.69) is 11.0 Å². The predicted octanol–water partition coefficient (Wildman–Crippen LogP) is 2.45. The quantitative estimate of drug-likeness (QED) is 0.912. The molecule has 118 valence electrons. The maximum atomic E-state index is 13.4. The Morgan fingerprint density at radius 2 is 2.32 bits per heavy atom. The summed E-state index contributed by atoms with van der Waals surface area (Å²) < 4.78 is 18.9. The lowest BCUT2D eigenvalue weighted by Crippen LogP contribution is -2.52. The molecule has 0 radical (unpaired) electrons. The van der Waals surface area contributed by atoms with Crippen molar-refractivity contribution in [3.05, 3.63) is 29.6 Å². The van der Waals surface area contributed by atoms with Crippen LogP contribution in [0.1, 0.15) is 31.7 Å². The molecule has 3 rings (SSSR count). The van der Waals surface area contributed by atoms with Crippen LogP contribution in [0.4, 0.5) is 10.1 Å². The first-order chi connectivity index (χ1) is 10.5. The number of nitriles is 1. The fourth-order valence-electron chi connectivity index (χ4n) is 3.74. The molecule has 5 heteroatoms. The summed E-state index contributed by atoms with van der Waals surface area (Å²) in [5.41, 5.74) is 0.342. The smallest absolute Gasteiger partial charge is 0.124 e. The fourth-order valence-corrected chi connectivity index (χ4v) is 3.74. The van der Waals surface area contributed by atoms with Gasteiger partial charge < -0.3 is 14.7 Å². The molecule has 2 aliphatic rings. The van der Waals surface area contributed by atoms with Crippen molar-refractivity contribution >= 4 is 5.69 Å². The summed E-state index contributed by atoms with van der Waals surface area (Å²) in [5, 5.41) is 20.0. The van der Waals surface area contributed by atoms with E-state index < -0.39 is 11.4 Å². The van der Waals surface area contributed by atoms with Crippen molar-refractivity contribution in [2.45, 2.75) is 37.8 Å². The Balaban J connectivity index is 1.92.